The topological polar surface area (TPSA) is 42.0 Å². The lowest BCUT2D eigenvalue weighted by molar-refractivity contribution is -0.121. The maximum atomic E-state index is 11.7. The number of amides is 1. The van der Waals surface area contributed by atoms with Gasteiger partial charge in [-0.25, -0.2) is 4.98 Å². The molecule has 21 heavy (non-hydrogen) atoms. The summed E-state index contributed by atoms with van der Waals surface area (Å²) in [7, 11) is 0. The minimum Gasteiger partial charge on any atom is -0.356 e. The zero-order valence-electron chi connectivity index (χ0n) is 12.8. The van der Waals surface area contributed by atoms with Gasteiger partial charge in [0.1, 0.15) is 5.01 Å². The van der Waals surface area contributed by atoms with Crippen LogP contribution in [0.2, 0.25) is 0 Å². The molecule has 0 fully saturated rings. The van der Waals surface area contributed by atoms with Gasteiger partial charge in [-0.3, -0.25) is 4.79 Å². The van der Waals surface area contributed by atoms with Crippen LogP contribution in [0.5, 0.6) is 0 Å². The van der Waals surface area contributed by atoms with E-state index in [4.69, 9.17) is 0 Å². The Morgan fingerprint density at radius 1 is 1.33 bits per heavy atom. The second-order valence-electron chi connectivity index (χ2n) is 5.66. The highest BCUT2D eigenvalue weighted by atomic mass is 32.1. The van der Waals surface area contributed by atoms with Crippen molar-refractivity contribution in [2.75, 3.05) is 6.54 Å². The largest absolute Gasteiger partial charge is 0.356 e. The van der Waals surface area contributed by atoms with Gasteiger partial charge in [-0.15, -0.1) is 11.3 Å². The number of thiazole rings is 1. The van der Waals surface area contributed by atoms with Crippen LogP contribution < -0.4 is 5.32 Å². The molecular weight excluding hydrogens is 280 g/mol. The molecule has 0 atom stereocenters. The average Bonchev–Trinajstić information content (AvgIpc) is 2.92. The molecule has 2 rings (SSSR count). The fourth-order valence-corrected chi connectivity index (χ4v) is 2.95. The maximum Gasteiger partial charge on any atom is 0.220 e. The Morgan fingerprint density at radius 3 is 2.81 bits per heavy atom. The molecule has 1 N–H and O–H groups in total. The Kier molecular flexibility index (Phi) is 5.51. The van der Waals surface area contributed by atoms with Crippen LogP contribution in [-0.2, 0) is 11.2 Å². The molecule has 1 aromatic heterocycles. The predicted octanol–water partition coefficient (Wildman–Crippen LogP) is 3.82. The first-order valence-electron chi connectivity index (χ1n) is 7.33. The summed E-state index contributed by atoms with van der Waals surface area (Å²) >= 11 is 1.64. The van der Waals surface area contributed by atoms with Gasteiger partial charge in [-0.2, -0.15) is 0 Å². The molecule has 0 saturated carbocycles. The third kappa shape index (κ3) is 4.67. The first-order chi connectivity index (χ1) is 10.1. The molecule has 0 aliphatic heterocycles. The number of aromatic nitrogens is 1. The highest BCUT2D eigenvalue weighted by Crippen LogP contribution is 2.26. The molecule has 0 aliphatic rings. The van der Waals surface area contributed by atoms with E-state index in [0.717, 1.165) is 17.2 Å². The number of carbonyl (C=O) groups is 1. The zero-order chi connectivity index (χ0) is 15.2. The lowest BCUT2D eigenvalue weighted by atomic mass is 10.1. The van der Waals surface area contributed by atoms with Gasteiger partial charge in [0, 0.05) is 23.9 Å². The van der Waals surface area contributed by atoms with Crippen molar-refractivity contribution in [3.05, 3.63) is 40.9 Å². The second kappa shape index (κ2) is 7.36. The van der Waals surface area contributed by atoms with Gasteiger partial charge in [0.15, 0.2) is 0 Å². The molecule has 0 aliphatic carbocycles. The Hall–Kier alpha value is -1.68. The standard InChI is InChI=1S/C17H22N2OS/c1-12(2)10-18-16(20)9-8-14-11-21-17(19-14)15-7-5-4-6-13(15)3/h4-7,11-12H,8-10H2,1-3H3,(H,18,20). The van der Waals surface area contributed by atoms with Gasteiger partial charge in [-0.1, -0.05) is 38.1 Å². The van der Waals surface area contributed by atoms with Crippen LogP contribution in [0, 0.1) is 12.8 Å². The van der Waals surface area contributed by atoms with Crippen LogP contribution in [0.1, 0.15) is 31.5 Å². The molecule has 1 amide bonds. The molecule has 0 radical (unpaired) electrons. The second-order valence-corrected chi connectivity index (χ2v) is 6.51. The van der Waals surface area contributed by atoms with Crippen molar-refractivity contribution in [2.45, 2.75) is 33.6 Å². The van der Waals surface area contributed by atoms with Crippen LogP contribution in [-0.4, -0.2) is 17.4 Å². The number of rotatable bonds is 6. The van der Waals surface area contributed by atoms with E-state index in [0.29, 0.717) is 18.8 Å². The summed E-state index contributed by atoms with van der Waals surface area (Å²) in [6.07, 6.45) is 1.20. The van der Waals surface area contributed by atoms with Gasteiger partial charge in [0.05, 0.1) is 5.69 Å². The third-order valence-corrected chi connectivity index (χ3v) is 4.17. The van der Waals surface area contributed by atoms with Crippen LogP contribution in [0.15, 0.2) is 29.6 Å². The van der Waals surface area contributed by atoms with Gasteiger partial charge < -0.3 is 5.32 Å². The highest BCUT2D eigenvalue weighted by molar-refractivity contribution is 7.13. The number of hydrogen-bond acceptors (Lipinski definition) is 3. The van der Waals surface area contributed by atoms with Gasteiger partial charge in [0.25, 0.3) is 0 Å². The lowest BCUT2D eigenvalue weighted by Crippen LogP contribution is -2.27. The summed E-state index contributed by atoms with van der Waals surface area (Å²) in [6.45, 7) is 7.02. The lowest BCUT2D eigenvalue weighted by Gasteiger charge is -2.06. The first-order valence-corrected chi connectivity index (χ1v) is 8.21. The van der Waals surface area contributed by atoms with Gasteiger partial charge in [0.2, 0.25) is 5.91 Å². The Labute approximate surface area is 130 Å². The predicted molar refractivity (Wildman–Crippen MR) is 88.5 cm³/mol. The quantitative estimate of drug-likeness (QED) is 0.881. The summed E-state index contributed by atoms with van der Waals surface area (Å²) in [4.78, 5) is 16.4. The van der Waals surface area contributed by atoms with Crippen molar-refractivity contribution >= 4 is 17.2 Å². The summed E-state index contributed by atoms with van der Waals surface area (Å²) < 4.78 is 0. The molecule has 0 unspecified atom stereocenters. The van der Waals surface area contributed by atoms with Crippen LogP contribution >= 0.6 is 11.3 Å². The van der Waals surface area contributed by atoms with Crippen molar-refractivity contribution in [3.63, 3.8) is 0 Å². The Morgan fingerprint density at radius 2 is 2.10 bits per heavy atom. The van der Waals surface area contributed by atoms with Gasteiger partial charge >= 0.3 is 0 Å². The fourth-order valence-electron chi connectivity index (χ4n) is 2.01. The summed E-state index contributed by atoms with van der Waals surface area (Å²) in [5.41, 5.74) is 3.41. The SMILES string of the molecule is Cc1ccccc1-c1nc(CCC(=O)NCC(C)C)cs1. The molecule has 0 bridgehead atoms. The van der Waals surface area contributed by atoms with Crippen molar-refractivity contribution in [1.29, 1.82) is 0 Å². The van der Waals surface area contributed by atoms with E-state index in [-0.39, 0.29) is 5.91 Å². The Bertz CT molecular complexity index is 604. The molecule has 0 saturated heterocycles. The number of carbonyl (C=O) groups excluding carboxylic acids is 1. The molecule has 3 nitrogen and oxygen atoms in total. The van der Waals surface area contributed by atoms with E-state index in [2.05, 4.69) is 48.6 Å². The molecule has 112 valence electrons. The van der Waals surface area contributed by atoms with Crippen LogP contribution in [0.4, 0.5) is 0 Å². The molecular formula is C17H22N2OS. The molecule has 4 heteroatoms. The number of aryl methyl sites for hydroxylation is 2. The molecule has 1 aromatic carbocycles. The van der Waals surface area contributed by atoms with E-state index < -0.39 is 0 Å². The number of hydrogen-bond donors (Lipinski definition) is 1. The smallest absolute Gasteiger partial charge is 0.220 e. The molecule has 2 aromatic rings. The van der Waals surface area contributed by atoms with Crippen molar-refractivity contribution < 1.29 is 4.79 Å². The normalized spacial score (nSPS) is 10.9. The molecule has 1 heterocycles. The number of nitrogens with zero attached hydrogens (tertiary/aromatic N) is 1. The van der Waals surface area contributed by atoms with Crippen LogP contribution in [0.25, 0.3) is 10.6 Å². The van der Waals surface area contributed by atoms with Crippen molar-refractivity contribution in [3.8, 4) is 10.6 Å². The van der Waals surface area contributed by atoms with E-state index >= 15 is 0 Å². The summed E-state index contributed by atoms with van der Waals surface area (Å²) in [5, 5.41) is 6.02. The number of nitrogens with one attached hydrogen (secondary N) is 1. The first kappa shape index (κ1) is 15.7. The fraction of sp³-hybridized carbons (Fsp3) is 0.412. The number of benzene rings is 1. The average molecular weight is 302 g/mol. The minimum absolute atomic E-state index is 0.106. The van der Waals surface area contributed by atoms with Crippen LogP contribution in [0.3, 0.4) is 0 Å². The summed E-state index contributed by atoms with van der Waals surface area (Å²) in [6, 6.07) is 8.25. The van der Waals surface area contributed by atoms with E-state index in [9.17, 15) is 4.79 Å². The highest BCUT2D eigenvalue weighted by Gasteiger charge is 2.09. The zero-order valence-corrected chi connectivity index (χ0v) is 13.7. The summed E-state index contributed by atoms with van der Waals surface area (Å²) in [5.74, 6) is 0.593. The molecule has 0 spiro atoms. The van der Waals surface area contributed by atoms with Crippen molar-refractivity contribution in [2.24, 2.45) is 5.92 Å². The maximum absolute atomic E-state index is 11.7. The van der Waals surface area contributed by atoms with E-state index in [1.54, 1.807) is 11.3 Å². The monoisotopic (exact) mass is 302 g/mol. The van der Waals surface area contributed by atoms with E-state index in [1.807, 2.05) is 12.1 Å². The van der Waals surface area contributed by atoms with Crippen molar-refractivity contribution in [1.82, 2.24) is 10.3 Å². The minimum atomic E-state index is 0.106. The Balaban J connectivity index is 1.92. The third-order valence-electron chi connectivity index (χ3n) is 3.24. The van der Waals surface area contributed by atoms with Gasteiger partial charge in [-0.05, 0) is 24.8 Å². The van der Waals surface area contributed by atoms with E-state index in [1.165, 1.54) is 11.1 Å².